The van der Waals surface area contributed by atoms with Crippen molar-refractivity contribution in [2.45, 2.75) is 68.3 Å². The van der Waals surface area contributed by atoms with Gasteiger partial charge in [0.15, 0.2) is 35.4 Å². The third-order valence-corrected chi connectivity index (χ3v) is 9.27. The lowest BCUT2D eigenvalue weighted by atomic mass is 9.97. The van der Waals surface area contributed by atoms with Crippen LogP contribution in [0.2, 0.25) is 0 Å². The molecule has 8 N–H and O–H groups in total. The Morgan fingerprint density at radius 2 is 1.50 bits per heavy atom. The van der Waals surface area contributed by atoms with Crippen molar-refractivity contribution < 1.29 is 88.0 Å². The number of fused-ring (bicyclic) bond motifs is 1. The van der Waals surface area contributed by atoms with Crippen LogP contribution in [0.25, 0.3) is 28.4 Å². The molecule has 2 fully saturated rings. The van der Waals surface area contributed by atoms with Gasteiger partial charge in [-0.25, -0.2) is 4.79 Å². The maximum atomic E-state index is 13.1. The number of hydrogen-bond donors (Lipinski definition) is 8. The van der Waals surface area contributed by atoms with Crippen LogP contribution in [0.4, 0.5) is 0 Å². The van der Waals surface area contributed by atoms with Gasteiger partial charge >= 0.3 is 11.9 Å². The van der Waals surface area contributed by atoms with Crippen LogP contribution in [-0.2, 0) is 33.3 Å². The van der Waals surface area contributed by atoms with Gasteiger partial charge in [0.2, 0.25) is 6.29 Å². The fourth-order valence-corrected chi connectivity index (χ4v) is 6.27. The average molecular weight is 813 g/mol. The Kier molecular flexibility index (Phi) is 12.8. The third-order valence-electron chi connectivity index (χ3n) is 9.27. The molecule has 19 heteroatoms. The summed E-state index contributed by atoms with van der Waals surface area (Å²) < 4.78 is 45.0. The van der Waals surface area contributed by atoms with Gasteiger partial charge in [0.1, 0.15) is 77.2 Å². The average Bonchev–Trinajstić information content (AvgIpc) is 3.19. The number of carbonyl (C=O) groups is 2. The first-order valence-corrected chi connectivity index (χ1v) is 17.6. The predicted octanol–water partition coefficient (Wildman–Crippen LogP) is 0.423. The molecule has 0 unspecified atom stereocenters. The largest absolute Gasteiger partial charge is 0.508 e. The summed E-state index contributed by atoms with van der Waals surface area (Å²) >= 11 is 0. The molecule has 10 atom stereocenters. The minimum Gasteiger partial charge on any atom is -0.508 e. The van der Waals surface area contributed by atoms with Gasteiger partial charge in [-0.3, -0.25) is 9.59 Å². The lowest BCUT2D eigenvalue weighted by Gasteiger charge is -2.46. The molecule has 0 spiro atoms. The fraction of sp³-hybridized carbons (Fsp3) is 0.359. The summed E-state index contributed by atoms with van der Waals surface area (Å²) in [4.78, 5) is 37.7. The number of phenols is 3. The first kappa shape index (κ1) is 41.9. The van der Waals surface area contributed by atoms with Crippen molar-refractivity contribution in [1.82, 2.24) is 0 Å². The van der Waals surface area contributed by atoms with Gasteiger partial charge in [-0.05, 0) is 42.0 Å². The minimum absolute atomic E-state index is 0.0124. The number of methoxy groups -OCH3 is 1. The SMILES string of the molecule is COc1cc(-c2cc(=O)c3c(O)cc(O[C@H]4O[C@@H](CO)[C@H](O)[C@@H](O)[C@@H]4O[C@@H]4O[C@H](COC(C)=O)[C@@H](O)[C@H](O)[C@@H]4OC(=O)/C=C/c4ccc(O)cc4)cc3o2)ccc1O. The highest BCUT2D eigenvalue weighted by Crippen LogP contribution is 2.37. The second kappa shape index (κ2) is 17.8. The van der Waals surface area contributed by atoms with E-state index in [-0.39, 0.29) is 39.7 Å². The monoisotopic (exact) mass is 812 g/mol. The number of ether oxygens (including phenoxy) is 7. The summed E-state index contributed by atoms with van der Waals surface area (Å²) in [5, 5.41) is 84.4. The van der Waals surface area contributed by atoms with Crippen LogP contribution in [0, 0.1) is 0 Å². The number of benzene rings is 3. The van der Waals surface area contributed by atoms with Crippen molar-refractivity contribution in [3.05, 3.63) is 82.5 Å². The Morgan fingerprint density at radius 3 is 2.19 bits per heavy atom. The summed E-state index contributed by atoms with van der Waals surface area (Å²) in [5.74, 6) is -2.76. The zero-order valence-electron chi connectivity index (χ0n) is 30.7. The zero-order valence-corrected chi connectivity index (χ0v) is 30.7. The molecule has 0 amide bonds. The highest BCUT2D eigenvalue weighted by atomic mass is 16.8. The molecule has 6 rings (SSSR count). The summed E-state index contributed by atoms with van der Waals surface area (Å²) in [6, 6.07) is 13.3. The summed E-state index contributed by atoms with van der Waals surface area (Å²) in [7, 11) is 1.33. The van der Waals surface area contributed by atoms with E-state index < -0.39 is 97.7 Å². The van der Waals surface area contributed by atoms with Gasteiger partial charge in [-0.1, -0.05) is 12.1 Å². The van der Waals surface area contributed by atoms with Crippen LogP contribution in [0.3, 0.4) is 0 Å². The van der Waals surface area contributed by atoms with Crippen LogP contribution in [0.15, 0.2) is 76.0 Å². The van der Waals surface area contributed by atoms with Crippen molar-refractivity contribution in [1.29, 1.82) is 0 Å². The van der Waals surface area contributed by atoms with E-state index in [1.807, 2.05) is 0 Å². The van der Waals surface area contributed by atoms with E-state index in [1.165, 1.54) is 61.7 Å². The molecule has 310 valence electrons. The van der Waals surface area contributed by atoms with E-state index in [0.717, 1.165) is 25.1 Å². The Hall–Kier alpha value is -5.77. The number of carbonyl (C=O) groups excluding carboxylic acids is 2. The molecular weight excluding hydrogens is 772 g/mol. The van der Waals surface area contributed by atoms with Crippen molar-refractivity contribution in [3.63, 3.8) is 0 Å². The van der Waals surface area contributed by atoms with Crippen molar-refractivity contribution >= 4 is 29.0 Å². The molecule has 4 aromatic rings. The number of aromatic hydroxyl groups is 3. The van der Waals surface area contributed by atoms with Crippen molar-refractivity contribution in [3.8, 4) is 40.1 Å². The maximum Gasteiger partial charge on any atom is 0.331 e. The number of rotatable bonds is 12. The fourth-order valence-electron chi connectivity index (χ4n) is 6.27. The van der Waals surface area contributed by atoms with E-state index in [1.54, 1.807) is 0 Å². The molecule has 0 bridgehead atoms. The molecule has 0 aliphatic carbocycles. The standard InChI is InChI=1S/C39H40O19/c1-17(41)52-16-29-33(48)35(50)36(57-30(46)10-5-18-3-7-20(42)8-4-18)39(56-29)58-37-34(49)32(47)28(15-40)55-38(37)53-21-12-23(44)31-24(45)14-25(54-27(31)13-21)19-6-9-22(43)26(11-19)51-2/h3-14,28-29,32-40,42-44,47-50H,15-16H2,1-2H3/b10-5+/t28-,29+,32-,33+,34+,35-,36-,37-,38-,39-/m0/s1. The highest BCUT2D eigenvalue weighted by Gasteiger charge is 2.53. The molecule has 19 nitrogen and oxygen atoms in total. The predicted molar refractivity (Wildman–Crippen MR) is 195 cm³/mol. The van der Waals surface area contributed by atoms with Gasteiger partial charge in [0.05, 0.1) is 13.7 Å². The summed E-state index contributed by atoms with van der Waals surface area (Å²) in [5.41, 5.74) is -0.0386. The lowest BCUT2D eigenvalue weighted by Crippen LogP contribution is -2.65. The van der Waals surface area contributed by atoms with E-state index >= 15 is 0 Å². The second-order valence-corrected chi connectivity index (χ2v) is 13.3. The van der Waals surface area contributed by atoms with E-state index in [2.05, 4.69) is 0 Å². The number of aliphatic hydroxyl groups excluding tert-OH is 5. The molecule has 3 aromatic carbocycles. The van der Waals surface area contributed by atoms with Gasteiger partial charge in [-0.15, -0.1) is 0 Å². The van der Waals surface area contributed by atoms with Crippen LogP contribution in [-0.4, -0.2) is 135 Å². The smallest absolute Gasteiger partial charge is 0.331 e. The normalized spacial score (nSPS) is 27.3. The minimum atomic E-state index is -1.95. The van der Waals surface area contributed by atoms with Crippen LogP contribution >= 0.6 is 0 Å². The molecular formula is C39H40O19. The molecule has 3 heterocycles. The number of hydrogen-bond acceptors (Lipinski definition) is 19. The molecule has 0 saturated carbocycles. The molecule has 2 saturated heterocycles. The Morgan fingerprint density at radius 1 is 0.810 bits per heavy atom. The Labute approximate surface area is 328 Å². The number of esters is 2. The second-order valence-electron chi connectivity index (χ2n) is 13.3. The van der Waals surface area contributed by atoms with E-state index in [4.69, 9.17) is 37.6 Å². The zero-order chi connectivity index (χ0) is 41.8. The molecule has 1 aromatic heterocycles. The summed E-state index contributed by atoms with van der Waals surface area (Å²) in [6.45, 7) is -0.346. The topological polar surface area (TPSA) is 291 Å². The van der Waals surface area contributed by atoms with Gasteiger partial charge < -0.3 is 78.4 Å². The van der Waals surface area contributed by atoms with E-state index in [9.17, 15) is 55.2 Å². The molecule has 58 heavy (non-hydrogen) atoms. The quantitative estimate of drug-likeness (QED) is 0.0710. The lowest BCUT2D eigenvalue weighted by molar-refractivity contribution is -0.358. The summed E-state index contributed by atoms with van der Waals surface area (Å²) in [6.07, 6.45) is -15.6. The molecule has 2 aliphatic heterocycles. The Balaban J connectivity index is 1.32. The van der Waals surface area contributed by atoms with Crippen LogP contribution in [0.5, 0.6) is 28.7 Å². The highest BCUT2D eigenvalue weighted by molar-refractivity contribution is 5.87. The van der Waals surface area contributed by atoms with Crippen LogP contribution < -0.4 is 14.9 Å². The van der Waals surface area contributed by atoms with Gasteiger partial charge in [0, 0.05) is 36.8 Å². The molecule has 0 radical (unpaired) electrons. The first-order chi connectivity index (χ1) is 27.7. The first-order valence-electron chi connectivity index (χ1n) is 17.6. The molecule has 2 aliphatic rings. The number of phenolic OH excluding ortho intramolecular Hbond substituents is 3. The van der Waals surface area contributed by atoms with Crippen molar-refractivity contribution in [2.75, 3.05) is 20.3 Å². The van der Waals surface area contributed by atoms with Crippen LogP contribution in [0.1, 0.15) is 12.5 Å². The Bertz CT molecular complexity index is 2180. The van der Waals surface area contributed by atoms with E-state index in [0.29, 0.717) is 11.1 Å². The number of aliphatic hydroxyl groups is 5. The third kappa shape index (κ3) is 9.17. The van der Waals surface area contributed by atoms with Crippen molar-refractivity contribution in [2.24, 2.45) is 0 Å². The van der Waals surface area contributed by atoms with Gasteiger partial charge in [0.25, 0.3) is 0 Å². The van der Waals surface area contributed by atoms with Gasteiger partial charge in [-0.2, -0.15) is 0 Å². The maximum absolute atomic E-state index is 13.1.